The van der Waals surface area contributed by atoms with Gasteiger partial charge in [0.15, 0.2) is 5.13 Å². The van der Waals surface area contributed by atoms with E-state index in [1.165, 1.54) is 34.4 Å². The fourth-order valence-electron chi connectivity index (χ4n) is 2.72. The Labute approximate surface area is 171 Å². The summed E-state index contributed by atoms with van der Waals surface area (Å²) in [4.78, 5) is 32.4. The Morgan fingerprint density at radius 2 is 2.04 bits per heavy atom. The molecule has 1 amide bonds. The van der Waals surface area contributed by atoms with Crippen LogP contribution in [0.1, 0.15) is 10.4 Å². The monoisotopic (exact) mass is 417 g/mol. The van der Waals surface area contributed by atoms with Crippen LogP contribution in [0, 0.1) is 10.1 Å². The van der Waals surface area contributed by atoms with Crippen LogP contribution in [-0.4, -0.2) is 49.3 Å². The number of fused-ring (bicyclic) bond motifs is 1. The number of hydrogen-bond acceptors (Lipinski definition) is 6. The molecule has 7 nitrogen and oxygen atoms in total. The van der Waals surface area contributed by atoms with E-state index in [4.69, 9.17) is 4.98 Å². The Kier molecular flexibility index (Phi) is 6.28. The van der Waals surface area contributed by atoms with Gasteiger partial charge in [-0.15, -0.1) is 11.8 Å². The van der Waals surface area contributed by atoms with Crippen molar-refractivity contribution in [1.29, 1.82) is 0 Å². The Morgan fingerprint density at radius 1 is 1.29 bits per heavy atom. The van der Waals surface area contributed by atoms with Crippen molar-refractivity contribution in [3.63, 3.8) is 0 Å². The standard InChI is InChI=1S/C19H20N4O3S2/c1-21(2)10-11-22(18(24)13-6-4-7-14(12-13)23(25)26)19-20-17-15(27-3)8-5-9-16(17)28-19/h4-9,12H,10-11H2,1-3H3/p+1. The van der Waals surface area contributed by atoms with Crippen molar-refractivity contribution in [3.8, 4) is 0 Å². The van der Waals surface area contributed by atoms with Crippen LogP contribution in [0.15, 0.2) is 47.4 Å². The first-order valence-corrected chi connectivity index (χ1v) is 10.7. The molecule has 0 spiro atoms. The number of benzene rings is 2. The lowest BCUT2D eigenvalue weighted by molar-refractivity contribution is -0.856. The van der Waals surface area contributed by atoms with Crippen LogP contribution in [0.2, 0.25) is 0 Å². The predicted octanol–water partition coefficient (Wildman–Crippen LogP) is 2.72. The minimum Gasteiger partial charge on any atom is -0.338 e. The highest BCUT2D eigenvalue weighted by molar-refractivity contribution is 7.98. The third-order valence-electron chi connectivity index (χ3n) is 4.21. The summed E-state index contributed by atoms with van der Waals surface area (Å²) in [6.45, 7) is 1.20. The maximum absolute atomic E-state index is 13.2. The number of hydrogen-bond donors (Lipinski definition) is 1. The van der Waals surface area contributed by atoms with Gasteiger partial charge in [0, 0.05) is 22.6 Å². The van der Waals surface area contributed by atoms with Gasteiger partial charge in [-0.2, -0.15) is 0 Å². The number of amides is 1. The lowest BCUT2D eigenvalue weighted by Crippen LogP contribution is -3.06. The second-order valence-corrected chi connectivity index (χ2v) is 8.38. The van der Waals surface area contributed by atoms with Crippen LogP contribution >= 0.6 is 23.1 Å². The third kappa shape index (κ3) is 4.32. The van der Waals surface area contributed by atoms with Gasteiger partial charge in [-0.3, -0.25) is 19.8 Å². The average molecular weight is 418 g/mol. The van der Waals surface area contributed by atoms with Gasteiger partial charge in [0.1, 0.15) is 0 Å². The first-order valence-electron chi connectivity index (χ1n) is 8.69. The fourth-order valence-corrected chi connectivity index (χ4v) is 4.36. The Morgan fingerprint density at radius 3 is 2.71 bits per heavy atom. The topological polar surface area (TPSA) is 80.8 Å². The number of nitro benzene ring substituents is 1. The van der Waals surface area contributed by atoms with Gasteiger partial charge < -0.3 is 4.90 Å². The van der Waals surface area contributed by atoms with E-state index in [-0.39, 0.29) is 17.2 Å². The van der Waals surface area contributed by atoms with Gasteiger partial charge in [0.05, 0.1) is 42.3 Å². The molecule has 0 unspecified atom stereocenters. The number of carbonyl (C=O) groups is 1. The molecule has 0 atom stereocenters. The number of anilines is 1. The number of quaternary nitrogens is 1. The number of non-ortho nitro benzene ring substituents is 1. The van der Waals surface area contributed by atoms with Crippen molar-refractivity contribution < 1.29 is 14.6 Å². The van der Waals surface area contributed by atoms with Crippen molar-refractivity contribution in [2.45, 2.75) is 4.90 Å². The van der Waals surface area contributed by atoms with E-state index in [1.807, 2.05) is 38.6 Å². The molecule has 146 valence electrons. The molecule has 1 aromatic heterocycles. The van der Waals surface area contributed by atoms with E-state index in [9.17, 15) is 14.9 Å². The number of thiazole rings is 1. The molecule has 2 aromatic carbocycles. The van der Waals surface area contributed by atoms with Crippen LogP contribution in [0.25, 0.3) is 10.2 Å². The molecule has 0 aliphatic heterocycles. The molecule has 1 N–H and O–H groups in total. The molecule has 0 aliphatic rings. The minimum absolute atomic E-state index is 0.0991. The molecule has 9 heteroatoms. The van der Waals surface area contributed by atoms with E-state index >= 15 is 0 Å². The minimum atomic E-state index is -0.493. The Hall–Kier alpha value is -2.49. The largest absolute Gasteiger partial charge is 0.338 e. The van der Waals surface area contributed by atoms with Crippen molar-refractivity contribution in [1.82, 2.24) is 4.98 Å². The number of nitro groups is 1. The van der Waals surface area contributed by atoms with Crippen LogP contribution < -0.4 is 9.80 Å². The molecular weight excluding hydrogens is 396 g/mol. The van der Waals surface area contributed by atoms with E-state index in [0.29, 0.717) is 11.7 Å². The number of thioether (sulfide) groups is 1. The van der Waals surface area contributed by atoms with Gasteiger partial charge in [-0.1, -0.05) is 23.5 Å². The molecule has 0 saturated heterocycles. The van der Waals surface area contributed by atoms with Gasteiger partial charge in [0.2, 0.25) is 0 Å². The molecule has 3 rings (SSSR count). The number of carbonyl (C=O) groups excluding carboxylic acids is 1. The van der Waals surface area contributed by atoms with E-state index < -0.39 is 4.92 Å². The molecule has 0 bridgehead atoms. The zero-order valence-electron chi connectivity index (χ0n) is 15.8. The maximum Gasteiger partial charge on any atom is 0.270 e. The van der Waals surface area contributed by atoms with Gasteiger partial charge in [0.25, 0.3) is 11.6 Å². The van der Waals surface area contributed by atoms with E-state index in [0.717, 1.165) is 21.7 Å². The Balaban J connectivity index is 2.03. The van der Waals surface area contributed by atoms with E-state index in [1.54, 1.807) is 22.7 Å². The molecule has 3 aromatic rings. The number of likely N-dealkylation sites (N-methyl/N-ethyl adjacent to an activating group) is 1. The van der Waals surface area contributed by atoms with Crippen LogP contribution in [0.4, 0.5) is 10.8 Å². The summed E-state index contributed by atoms with van der Waals surface area (Å²) in [7, 11) is 4.03. The van der Waals surface area contributed by atoms with Gasteiger partial charge in [-0.05, 0) is 24.5 Å². The third-order valence-corrected chi connectivity index (χ3v) is 6.02. The summed E-state index contributed by atoms with van der Waals surface area (Å²) in [6, 6.07) is 11.8. The summed E-state index contributed by atoms with van der Waals surface area (Å²) in [5.41, 5.74) is 1.06. The first kappa shape index (κ1) is 20.2. The maximum atomic E-state index is 13.2. The second kappa shape index (κ2) is 8.68. The van der Waals surface area contributed by atoms with Gasteiger partial charge in [-0.25, -0.2) is 4.98 Å². The van der Waals surface area contributed by atoms with Crippen molar-refractivity contribution >= 4 is 50.0 Å². The highest BCUT2D eigenvalue weighted by atomic mass is 32.2. The zero-order valence-corrected chi connectivity index (χ0v) is 17.5. The normalized spacial score (nSPS) is 11.1. The molecule has 28 heavy (non-hydrogen) atoms. The molecular formula is C19H21N4O3S2+. The fraction of sp³-hybridized carbons (Fsp3) is 0.263. The molecule has 0 fully saturated rings. The number of nitrogens with zero attached hydrogens (tertiary/aromatic N) is 3. The van der Waals surface area contributed by atoms with Crippen LogP contribution in [0.3, 0.4) is 0 Å². The number of nitrogens with one attached hydrogen (secondary N) is 1. The highest BCUT2D eigenvalue weighted by Gasteiger charge is 2.24. The molecule has 0 radical (unpaired) electrons. The summed E-state index contributed by atoms with van der Waals surface area (Å²) < 4.78 is 1.01. The lowest BCUT2D eigenvalue weighted by Gasteiger charge is -2.20. The SMILES string of the molecule is CSc1cccc2sc(N(CC[NH+](C)C)C(=O)c3cccc([N+](=O)[O-])c3)nc12. The number of para-hydroxylation sites is 1. The van der Waals surface area contributed by atoms with Crippen molar-refractivity contribution in [2.75, 3.05) is 38.3 Å². The van der Waals surface area contributed by atoms with Crippen molar-refractivity contribution in [3.05, 3.63) is 58.1 Å². The molecule has 1 heterocycles. The summed E-state index contributed by atoms with van der Waals surface area (Å²) >= 11 is 3.07. The summed E-state index contributed by atoms with van der Waals surface area (Å²) in [6.07, 6.45) is 2.00. The Bertz CT molecular complexity index is 1020. The average Bonchev–Trinajstić information content (AvgIpc) is 3.11. The summed E-state index contributed by atoms with van der Waals surface area (Å²) in [5, 5.41) is 11.7. The predicted molar refractivity (Wildman–Crippen MR) is 114 cm³/mol. The smallest absolute Gasteiger partial charge is 0.270 e. The van der Waals surface area contributed by atoms with Gasteiger partial charge >= 0.3 is 0 Å². The number of aromatic nitrogens is 1. The highest BCUT2D eigenvalue weighted by Crippen LogP contribution is 2.34. The number of rotatable bonds is 7. The van der Waals surface area contributed by atoms with E-state index in [2.05, 4.69) is 0 Å². The molecule has 0 saturated carbocycles. The zero-order chi connectivity index (χ0) is 20.3. The second-order valence-electron chi connectivity index (χ2n) is 6.52. The van der Waals surface area contributed by atoms with Crippen LogP contribution in [-0.2, 0) is 0 Å². The summed E-state index contributed by atoms with van der Waals surface area (Å²) in [5.74, 6) is -0.283. The first-order chi connectivity index (χ1) is 13.4. The quantitative estimate of drug-likeness (QED) is 0.363. The van der Waals surface area contributed by atoms with Crippen molar-refractivity contribution in [2.24, 2.45) is 0 Å². The molecule has 0 aliphatic carbocycles. The van der Waals surface area contributed by atoms with Crippen LogP contribution in [0.5, 0.6) is 0 Å². The lowest BCUT2D eigenvalue weighted by atomic mass is 10.2.